The lowest BCUT2D eigenvalue weighted by molar-refractivity contribution is -0.125. The van der Waals surface area contributed by atoms with Gasteiger partial charge in [-0.05, 0) is 61.4 Å². The van der Waals surface area contributed by atoms with Crippen molar-refractivity contribution in [1.82, 2.24) is 9.62 Å². The molecule has 1 fully saturated rings. The number of aryl methyl sites for hydroxylation is 1. The molecule has 1 amide bonds. The number of fused-ring (bicyclic) bond motifs is 1. The van der Waals surface area contributed by atoms with Crippen LogP contribution in [0.25, 0.3) is 0 Å². The number of carbonyl (C=O) groups is 2. The van der Waals surface area contributed by atoms with Crippen molar-refractivity contribution in [3.05, 3.63) is 59.2 Å². The van der Waals surface area contributed by atoms with E-state index in [4.69, 9.17) is 4.74 Å². The molecular weight excluding hydrogens is 454 g/mol. The average molecular weight is 486 g/mol. The zero-order valence-electron chi connectivity index (χ0n) is 19.6. The van der Waals surface area contributed by atoms with Gasteiger partial charge in [-0.2, -0.15) is 0 Å². The molecule has 1 aliphatic heterocycles. The van der Waals surface area contributed by atoms with Gasteiger partial charge in [0.15, 0.2) is 6.61 Å². The van der Waals surface area contributed by atoms with Crippen molar-refractivity contribution >= 4 is 27.6 Å². The van der Waals surface area contributed by atoms with E-state index >= 15 is 0 Å². The van der Waals surface area contributed by atoms with Gasteiger partial charge in [0.05, 0.1) is 22.2 Å². The normalized spacial score (nSPS) is 18.0. The molecule has 0 saturated carbocycles. The molecule has 0 aromatic heterocycles. The van der Waals surface area contributed by atoms with Gasteiger partial charge in [-0.3, -0.25) is 4.79 Å². The van der Waals surface area contributed by atoms with E-state index in [0.29, 0.717) is 5.69 Å². The van der Waals surface area contributed by atoms with Crippen molar-refractivity contribution in [2.24, 2.45) is 0 Å². The molecule has 1 unspecified atom stereocenters. The quantitative estimate of drug-likeness (QED) is 0.606. The average Bonchev–Trinajstić information content (AvgIpc) is 3.37. The second-order valence-electron chi connectivity index (χ2n) is 8.95. The molecule has 34 heavy (non-hydrogen) atoms. The first-order valence-electron chi connectivity index (χ1n) is 11.6. The highest BCUT2D eigenvalue weighted by atomic mass is 32.2. The van der Waals surface area contributed by atoms with Crippen molar-refractivity contribution < 1.29 is 22.7 Å². The highest BCUT2D eigenvalue weighted by molar-refractivity contribution is 7.89. The molecule has 2 aromatic rings. The summed E-state index contributed by atoms with van der Waals surface area (Å²) < 4.78 is 31.7. The number of hydrogen-bond acceptors (Lipinski definition) is 6. The van der Waals surface area contributed by atoms with Crippen LogP contribution >= 0.6 is 0 Å². The highest BCUT2D eigenvalue weighted by Crippen LogP contribution is 2.30. The van der Waals surface area contributed by atoms with E-state index in [2.05, 4.69) is 11.4 Å². The van der Waals surface area contributed by atoms with Crippen LogP contribution in [-0.4, -0.2) is 58.4 Å². The Kier molecular flexibility index (Phi) is 7.23. The van der Waals surface area contributed by atoms with Gasteiger partial charge in [0.1, 0.15) is 0 Å². The number of rotatable bonds is 7. The maximum absolute atomic E-state index is 13.0. The van der Waals surface area contributed by atoms with Crippen LogP contribution in [0.5, 0.6) is 0 Å². The number of anilines is 1. The van der Waals surface area contributed by atoms with Crippen molar-refractivity contribution in [3.8, 4) is 0 Å². The molecule has 1 atom stereocenters. The Balaban J connectivity index is 1.49. The minimum Gasteiger partial charge on any atom is -0.452 e. The van der Waals surface area contributed by atoms with Gasteiger partial charge in [0.2, 0.25) is 10.0 Å². The van der Waals surface area contributed by atoms with E-state index in [1.165, 1.54) is 31.8 Å². The SMILES string of the molecule is CN(C)S(=O)(=O)c1ccc(N2CCCC2)c(C(=O)OCC(=O)NC2CCCc3ccccc32)c1. The summed E-state index contributed by atoms with van der Waals surface area (Å²) in [5.41, 5.74) is 3.11. The predicted octanol–water partition coefficient (Wildman–Crippen LogP) is 2.89. The zero-order valence-corrected chi connectivity index (χ0v) is 20.4. The molecule has 9 heteroatoms. The van der Waals surface area contributed by atoms with Gasteiger partial charge in [-0.15, -0.1) is 0 Å². The van der Waals surface area contributed by atoms with Gasteiger partial charge in [0.25, 0.3) is 5.91 Å². The molecule has 0 radical (unpaired) electrons. The first-order chi connectivity index (χ1) is 16.3. The Bertz CT molecular complexity index is 1170. The Hall–Kier alpha value is -2.91. The van der Waals surface area contributed by atoms with Crippen LogP contribution in [0.4, 0.5) is 5.69 Å². The molecule has 182 valence electrons. The van der Waals surface area contributed by atoms with Crippen LogP contribution in [0, 0.1) is 0 Å². The molecule has 1 saturated heterocycles. The number of nitrogens with zero attached hydrogens (tertiary/aromatic N) is 2. The number of ether oxygens (including phenoxy) is 1. The summed E-state index contributed by atoms with van der Waals surface area (Å²) in [7, 11) is -0.844. The van der Waals surface area contributed by atoms with Crippen molar-refractivity contribution in [1.29, 1.82) is 0 Å². The fraction of sp³-hybridized carbons (Fsp3) is 0.440. The van der Waals surface area contributed by atoms with E-state index < -0.39 is 22.6 Å². The molecular formula is C25H31N3O5S. The van der Waals surface area contributed by atoms with Crippen molar-refractivity contribution in [2.45, 2.75) is 43.0 Å². The standard InChI is InChI=1S/C25H31N3O5S/c1-27(2)34(31,32)19-12-13-23(28-14-5-6-15-28)21(16-19)25(30)33-17-24(29)26-22-11-7-9-18-8-3-4-10-20(18)22/h3-4,8,10,12-13,16,22H,5-7,9,11,14-15,17H2,1-2H3,(H,26,29). The molecule has 4 rings (SSSR count). The molecule has 2 aromatic carbocycles. The van der Waals surface area contributed by atoms with E-state index in [1.807, 2.05) is 23.1 Å². The molecule has 2 aliphatic rings. The summed E-state index contributed by atoms with van der Waals surface area (Å²) in [6.07, 6.45) is 4.80. The van der Waals surface area contributed by atoms with E-state index in [1.54, 1.807) is 6.07 Å². The van der Waals surface area contributed by atoms with Crippen LogP contribution in [-0.2, 0) is 26.0 Å². The van der Waals surface area contributed by atoms with Crippen LogP contribution in [0.3, 0.4) is 0 Å². The van der Waals surface area contributed by atoms with Crippen LogP contribution in [0.2, 0.25) is 0 Å². The smallest absolute Gasteiger partial charge is 0.340 e. The third kappa shape index (κ3) is 5.10. The molecule has 1 heterocycles. The van der Waals surface area contributed by atoms with Crippen molar-refractivity contribution in [2.75, 3.05) is 38.7 Å². The van der Waals surface area contributed by atoms with Gasteiger partial charge < -0.3 is 15.0 Å². The Labute approximate surface area is 200 Å². The fourth-order valence-corrected chi connectivity index (χ4v) is 5.56. The summed E-state index contributed by atoms with van der Waals surface area (Å²) in [4.78, 5) is 27.7. The highest BCUT2D eigenvalue weighted by Gasteiger charge is 2.26. The van der Waals surface area contributed by atoms with E-state index in [0.717, 1.165) is 55.1 Å². The number of benzene rings is 2. The van der Waals surface area contributed by atoms with E-state index in [-0.39, 0.29) is 22.4 Å². The maximum Gasteiger partial charge on any atom is 0.340 e. The van der Waals surface area contributed by atoms with Crippen LogP contribution in [0.15, 0.2) is 47.4 Å². The molecule has 1 N–H and O–H groups in total. The lowest BCUT2D eigenvalue weighted by Gasteiger charge is -2.26. The summed E-state index contributed by atoms with van der Waals surface area (Å²) in [5, 5.41) is 2.97. The summed E-state index contributed by atoms with van der Waals surface area (Å²) in [6.45, 7) is 1.13. The largest absolute Gasteiger partial charge is 0.452 e. The maximum atomic E-state index is 13.0. The first-order valence-corrected chi connectivity index (χ1v) is 13.1. The van der Waals surface area contributed by atoms with Gasteiger partial charge in [-0.25, -0.2) is 17.5 Å². The Morgan fingerprint density at radius 1 is 1.09 bits per heavy atom. The second kappa shape index (κ2) is 10.1. The molecule has 8 nitrogen and oxygen atoms in total. The number of esters is 1. The lowest BCUT2D eigenvalue weighted by atomic mass is 9.88. The molecule has 0 bridgehead atoms. The van der Waals surface area contributed by atoms with Crippen LogP contribution in [0.1, 0.15) is 53.2 Å². The topological polar surface area (TPSA) is 96.0 Å². The monoisotopic (exact) mass is 485 g/mol. The Morgan fingerprint density at radius 3 is 2.56 bits per heavy atom. The summed E-state index contributed by atoms with van der Waals surface area (Å²) in [5.74, 6) is -1.09. The van der Waals surface area contributed by atoms with Crippen molar-refractivity contribution in [3.63, 3.8) is 0 Å². The number of amides is 1. The van der Waals surface area contributed by atoms with Gasteiger partial charge in [0, 0.05) is 27.2 Å². The summed E-state index contributed by atoms with van der Waals surface area (Å²) >= 11 is 0. The number of carbonyl (C=O) groups excluding carboxylic acids is 2. The van der Waals surface area contributed by atoms with Gasteiger partial charge in [-0.1, -0.05) is 24.3 Å². The lowest BCUT2D eigenvalue weighted by Crippen LogP contribution is -2.34. The molecule has 0 spiro atoms. The minimum atomic E-state index is -3.72. The van der Waals surface area contributed by atoms with Crippen LogP contribution < -0.4 is 10.2 Å². The number of hydrogen-bond donors (Lipinski definition) is 1. The third-order valence-corrected chi connectivity index (χ3v) is 8.26. The van der Waals surface area contributed by atoms with Gasteiger partial charge >= 0.3 is 5.97 Å². The summed E-state index contributed by atoms with van der Waals surface area (Å²) in [6, 6.07) is 12.4. The second-order valence-corrected chi connectivity index (χ2v) is 11.1. The predicted molar refractivity (Wildman–Crippen MR) is 129 cm³/mol. The third-order valence-electron chi connectivity index (χ3n) is 6.45. The Morgan fingerprint density at radius 2 is 1.82 bits per heavy atom. The zero-order chi connectivity index (χ0) is 24.3. The van der Waals surface area contributed by atoms with E-state index in [9.17, 15) is 18.0 Å². The minimum absolute atomic E-state index is 0.00987. The fourth-order valence-electron chi connectivity index (χ4n) is 4.63. The number of sulfonamides is 1. The molecule has 1 aliphatic carbocycles. The number of nitrogens with one attached hydrogen (secondary N) is 1. The first kappa shape index (κ1) is 24.2.